The van der Waals surface area contributed by atoms with Crippen molar-refractivity contribution in [3.63, 3.8) is 0 Å². The molecule has 0 radical (unpaired) electrons. The first-order valence-electron chi connectivity index (χ1n) is 6.57. The van der Waals surface area contributed by atoms with Crippen LogP contribution in [0.1, 0.15) is 25.3 Å². The van der Waals surface area contributed by atoms with Crippen molar-refractivity contribution >= 4 is 0 Å². The lowest BCUT2D eigenvalue weighted by molar-refractivity contribution is 0.432. The number of hydrogen-bond donors (Lipinski definition) is 0. The molecule has 3 rings (SSSR count). The molecule has 0 amide bonds. The lowest BCUT2D eigenvalue weighted by Gasteiger charge is -2.04. The molecule has 0 unspecified atom stereocenters. The van der Waals surface area contributed by atoms with Crippen molar-refractivity contribution in [2.45, 2.75) is 19.8 Å². The Bertz CT molecular complexity index is 710. The van der Waals surface area contributed by atoms with Crippen molar-refractivity contribution < 1.29 is 4.52 Å². The SMILES string of the molecule is CC(C)c1ccc(-c2nc(-c3ccn(C)n3)no2)cc1. The van der Waals surface area contributed by atoms with Crippen LogP contribution in [0.4, 0.5) is 0 Å². The molecule has 2 heterocycles. The number of rotatable bonds is 3. The number of aromatic nitrogens is 4. The fraction of sp³-hybridized carbons (Fsp3) is 0.267. The third kappa shape index (κ3) is 2.34. The van der Waals surface area contributed by atoms with Crippen molar-refractivity contribution in [2.24, 2.45) is 7.05 Å². The molecular weight excluding hydrogens is 252 g/mol. The third-order valence-electron chi connectivity index (χ3n) is 3.19. The Kier molecular flexibility index (Phi) is 3.10. The predicted molar refractivity (Wildman–Crippen MR) is 76.0 cm³/mol. The van der Waals surface area contributed by atoms with Crippen LogP contribution in [-0.4, -0.2) is 19.9 Å². The summed E-state index contributed by atoms with van der Waals surface area (Å²) in [6.07, 6.45) is 1.85. The van der Waals surface area contributed by atoms with Crippen LogP contribution < -0.4 is 0 Å². The van der Waals surface area contributed by atoms with E-state index in [0.29, 0.717) is 23.3 Å². The highest BCUT2D eigenvalue weighted by atomic mass is 16.5. The highest BCUT2D eigenvalue weighted by Gasteiger charge is 2.12. The van der Waals surface area contributed by atoms with Gasteiger partial charge < -0.3 is 4.52 Å². The zero-order valence-electron chi connectivity index (χ0n) is 11.7. The van der Waals surface area contributed by atoms with Crippen molar-refractivity contribution in [2.75, 3.05) is 0 Å². The lowest BCUT2D eigenvalue weighted by atomic mass is 10.0. The second kappa shape index (κ2) is 4.92. The van der Waals surface area contributed by atoms with Crippen LogP contribution in [0.5, 0.6) is 0 Å². The summed E-state index contributed by atoms with van der Waals surface area (Å²) in [5, 5.41) is 8.23. The Morgan fingerprint density at radius 3 is 2.45 bits per heavy atom. The molecule has 0 N–H and O–H groups in total. The summed E-state index contributed by atoms with van der Waals surface area (Å²) in [5.41, 5.74) is 2.92. The first-order valence-corrected chi connectivity index (χ1v) is 6.57. The van der Waals surface area contributed by atoms with Crippen LogP contribution >= 0.6 is 0 Å². The summed E-state index contributed by atoms with van der Waals surface area (Å²) >= 11 is 0. The molecule has 0 atom stereocenters. The van der Waals surface area contributed by atoms with Crippen LogP contribution in [0, 0.1) is 0 Å². The second-order valence-corrected chi connectivity index (χ2v) is 5.07. The highest BCUT2D eigenvalue weighted by Crippen LogP contribution is 2.23. The monoisotopic (exact) mass is 268 g/mol. The average molecular weight is 268 g/mol. The van der Waals surface area contributed by atoms with Gasteiger partial charge >= 0.3 is 0 Å². The van der Waals surface area contributed by atoms with Gasteiger partial charge in [-0.15, -0.1) is 0 Å². The maximum absolute atomic E-state index is 5.30. The van der Waals surface area contributed by atoms with E-state index in [2.05, 4.69) is 41.2 Å². The molecule has 20 heavy (non-hydrogen) atoms. The normalized spacial score (nSPS) is 11.2. The molecular formula is C15H16N4O. The topological polar surface area (TPSA) is 56.7 Å². The minimum Gasteiger partial charge on any atom is -0.334 e. The van der Waals surface area contributed by atoms with E-state index in [9.17, 15) is 0 Å². The van der Waals surface area contributed by atoms with E-state index in [-0.39, 0.29) is 0 Å². The second-order valence-electron chi connectivity index (χ2n) is 5.07. The van der Waals surface area contributed by atoms with Crippen LogP contribution in [0.25, 0.3) is 23.0 Å². The molecule has 3 aromatic rings. The molecule has 1 aromatic carbocycles. The zero-order valence-corrected chi connectivity index (χ0v) is 11.7. The van der Waals surface area contributed by atoms with Gasteiger partial charge in [0.15, 0.2) is 0 Å². The molecule has 0 aliphatic carbocycles. The summed E-state index contributed by atoms with van der Waals surface area (Å²) in [6, 6.07) is 10.0. The molecule has 0 aliphatic heterocycles. The minimum atomic E-state index is 0.508. The van der Waals surface area contributed by atoms with Gasteiger partial charge in [-0.05, 0) is 29.7 Å². The van der Waals surface area contributed by atoms with E-state index in [1.54, 1.807) is 4.68 Å². The van der Waals surface area contributed by atoms with Crippen molar-refractivity contribution in [3.8, 4) is 23.0 Å². The van der Waals surface area contributed by atoms with Gasteiger partial charge in [-0.2, -0.15) is 10.1 Å². The molecule has 0 spiro atoms. The van der Waals surface area contributed by atoms with Crippen LogP contribution in [0.2, 0.25) is 0 Å². The smallest absolute Gasteiger partial charge is 0.258 e. The van der Waals surface area contributed by atoms with Crippen LogP contribution in [0.3, 0.4) is 0 Å². The maximum atomic E-state index is 5.30. The molecule has 0 bridgehead atoms. The van der Waals surface area contributed by atoms with E-state index in [1.807, 2.05) is 31.4 Å². The fourth-order valence-electron chi connectivity index (χ4n) is 1.99. The first-order chi connectivity index (χ1) is 9.63. The van der Waals surface area contributed by atoms with Gasteiger partial charge in [0.2, 0.25) is 5.82 Å². The van der Waals surface area contributed by atoms with Gasteiger partial charge in [0.05, 0.1) is 0 Å². The Morgan fingerprint density at radius 2 is 1.85 bits per heavy atom. The Hall–Kier alpha value is -2.43. The summed E-state index contributed by atoms with van der Waals surface area (Å²) in [7, 11) is 1.86. The van der Waals surface area contributed by atoms with Gasteiger partial charge in [0.25, 0.3) is 5.89 Å². The molecule has 0 aliphatic rings. The van der Waals surface area contributed by atoms with E-state index in [0.717, 1.165) is 5.56 Å². The number of nitrogens with zero attached hydrogens (tertiary/aromatic N) is 4. The molecule has 5 nitrogen and oxygen atoms in total. The molecule has 2 aromatic heterocycles. The van der Waals surface area contributed by atoms with Crippen molar-refractivity contribution in [1.29, 1.82) is 0 Å². The van der Waals surface area contributed by atoms with E-state index in [1.165, 1.54) is 5.56 Å². The number of hydrogen-bond acceptors (Lipinski definition) is 4. The predicted octanol–water partition coefficient (Wildman–Crippen LogP) is 3.26. The third-order valence-corrected chi connectivity index (χ3v) is 3.19. The summed E-state index contributed by atoms with van der Waals surface area (Å²) < 4.78 is 7.02. The summed E-state index contributed by atoms with van der Waals surface area (Å²) in [5.74, 6) is 1.53. The molecule has 0 saturated carbocycles. The molecule has 0 fully saturated rings. The largest absolute Gasteiger partial charge is 0.334 e. The fourth-order valence-corrected chi connectivity index (χ4v) is 1.99. The van der Waals surface area contributed by atoms with E-state index in [4.69, 9.17) is 4.52 Å². The maximum Gasteiger partial charge on any atom is 0.258 e. The van der Waals surface area contributed by atoms with Gasteiger partial charge in [-0.25, -0.2) is 0 Å². The van der Waals surface area contributed by atoms with Crippen molar-refractivity contribution in [3.05, 3.63) is 42.1 Å². The van der Waals surface area contributed by atoms with Gasteiger partial charge in [-0.3, -0.25) is 4.68 Å². The number of aryl methyl sites for hydroxylation is 1. The minimum absolute atomic E-state index is 0.508. The standard InChI is InChI=1S/C15H16N4O/c1-10(2)11-4-6-12(7-5-11)15-16-14(18-20-15)13-8-9-19(3)17-13/h4-10H,1-3H3. The summed E-state index contributed by atoms with van der Waals surface area (Å²) in [6.45, 7) is 4.34. The van der Waals surface area contributed by atoms with Gasteiger partial charge in [-0.1, -0.05) is 31.1 Å². The first kappa shape index (κ1) is 12.6. The van der Waals surface area contributed by atoms with Gasteiger partial charge in [0, 0.05) is 18.8 Å². The highest BCUT2D eigenvalue weighted by molar-refractivity contribution is 5.57. The quantitative estimate of drug-likeness (QED) is 0.731. The van der Waals surface area contributed by atoms with Crippen molar-refractivity contribution in [1.82, 2.24) is 19.9 Å². The molecule has 5 heteroatoms. The Balaban J connectivity index is 1.90. The van der Waals surface area contributed by atoms with Crippen LogP contribution in [0.15, 0.2) is 41.1 Å². The average Bonchev–Trinajstić information content (AvgIpc) is 3.07. The lowest BCUT2D eigenvalue weighted by Crippen LogP contribution is -1.89. The van der Waals surface area contributed by atoms with E-state index >= 15 is 0 Å². The van der Waals surface area contributed by atoms with Crippen LogP contribution in [-0.2, 0) is 7.05 Å². The Labute approximate surface area is 117 Å². The zero-order chi connectivity index (χ0) is 14.1. The summed E-state index contributed by atoms with van der Waals surface area (Å²) in [4.78, 5) is 4.38. The van der Waals surface area contributed by atoms with Gasteiger partial charge in [0.1, 0.15) is 5.69 Å². The molecule has 0 saturated heterocycles. The Morgan fingerprint density at radius 1 is 1.10 bits per heavy atom. The molecule has 102 valence electrons. The number of benzene rings is 1. The van der Waals surface area contributed by atoms with E-state index < -0.39 is 0 Å².